The lowest BCUT2D eigenvalue weighted by Crippen LogP contribution is -2.30. The number of rotatable bonds is 5. The number of anilines is 1. The highest BCUT2D eigenvalue weighted by Crippen LogP contribution is 2.25. The lowest BCUT2D eigenvalue weighted by molar-refractivity contribution is 0.590. The van der Waals surface area contributed by atoms with Gasteiger partial charge in [-0.3, -0.25) is 9.29 Å². The van der Waals surface area contributed by atoms with Gasteiger partial charge in [0.1, 0.15) is 4.90 Å². The normalized spacial score (nSPS) is 11.2. The van der Waals surface area contributed by atoms with Gasteiger partial charge in [0.05, 0.1) is 12.2 Å². The van der Waals surface area contributed by atoms with Crippen molar-refractivity contribution in [3.05, 3.63) is 90.3 Å². The topological polar surface area (TPSA) is 50.3 Å². The number of hydrogen-bond acceptors (Lipinski definition) is 3. The van der Waals surface area contributed by atoms with Crippen molar-refractivity contribution in [3.8, 4) is 0 Å². The van der Waals surface area contributed by atoms with Crippen LogP contribution in [0.15, 0.2) is 84.0 Å². The molecule has 3 rings (SSSR count). The summed E-state index contributed by atoms with van der Waals surface area (Å²) in [7, 11) is -3.69. The molecule has 0 bridgehead atoms. The zero-order chi connectivity index (χ0) is 17.0. The third-order valence-corrected chi connectivity index (χ3v) is 5.47. The average Bonchev–Trinajstić information content (AvgIpc) is 2.62. The van der Waals surface area contributed by atoms with E-state index in [1.807, 2.05) is 61.5 Å². The van der Waals surface area contributed by atoms with E-state index in [2.05, 4.69) is 4.98 Å². The molecule has 0 aliphatic rings. The van der Waals surface area contributed by atoms with Gasteiger partial charge in [0.25, 0.3) is 10.0 Å². The second kappa shape index (κ2) is 6.84. The maximum Gasteiger partial charge on any atom is 0.266 e. The smallest absolute Gasteiger partial charge is 0.263 e. The molecule has 24 heavy (non-hydrogen) atoms. The number of pyridine rings is 1. The fourth-order valence-corrected chi connectivity index (χ4v) is 3.82. The first-order chi connectivity index (χ1) is 11.6. The molecule has 122 valence electrons. The molecule has 2 aromatic carbocycles. The number of aromatic nitrogens is 1. The molecule has 1 heterocycles. The minimum Gasteiger partial charge on any atom is -0.263 e. The SMILES string of the molecule is Cc1ccc(N(Cc2ccccc2)S(=O)(=O)c2cccnc2)cc1. The van der Waals surface area contributed by atoms with Crippen molar-refractivity contribution in [3.63, 3.8) is 0 Å². The zero-order valence-electron chi connectivity index (χ0n) is 13.3. The Bertz CT molecular complexity index is 893. The van der Waals surface area contributed by atoms with E-state index in [1.54, 1.807) is 18.3 Å². The Morgan fingerprint density at radius 3 is 2.25 bits per heavy atom. The van der Waals surface area contributed by atoms with Crippen LogP contribution in [-0.4, -0.2) is 13.4 Å². The molecule has 3 aromatic rings. The summed E-state index contributed by atoms with van der Waals surface area (Å²) in [6, 6.07) is 20.2. The van der Waals surface area contributed by atoms with Crippen LogP contribution in [0.4, 0.5) is 5.69 Å². The van der Waals surface area contributed by atoms with Crippen LogP contribution < -0.4 is 4.31 Å². The van der Waals surface area contributed by atoms with Gasteiger partial charge in [-0.2, -0.15) is 0 Å². The third-order valence-electron chi connectivity index (χ3n) is 3.71. The summed E-state index contributed by atoms with van der Waals surface area (Å²) >= 11 is 0. The van der Waals surface area contributed by atoms with Crippen LogP contribution >= 0.6 is 0 Å². The Kier molecular flexibility index (Phi) is 4.62. The number of benzene rings is 2. The van der Waals surface area contributed by atoms with Crippen LogP contribution in [0.3, 0.4) is 0 Å². The summed E-state index contributed by atoms with van der Waals surface area (Å²) in [6.45, 7) is 2.24. The Balaban J connectivity index is 2.06. The highest BCUT2D eigenvalue weighted by molar-refractivity contribution is 7.92. The standard InChI is InChI=1S/C19H18N2O2S/c1-16-9-11-18(12-10-16)21(15-17-6-3-2-4-7-17)24(22,23)19-8-5-13-20-14-19/h2-14H,15H2,1H3. The second-order valence-corrected chi connectivity index (χ2v) is 7.38. The number of hydrogen-bond donors (Lipinski definition) is 0. The Morgan fingerprint density at radius 1 is 0.917 bits per heavy atom. The minimum atomic E-state index is -3.69. The fourth-order valence-electron chi connectivity index (χ4n) is 2.40. The van der Waals surface area contributed by atoms with E-state index in [-0.39, 0.29) is 11.4 Å². The van der Waals surface area contributed by atoms with E-state index in [0.29, 0.717) is 5.69 Å². The summed E-state index contributed by atoms with van der Waals surface area (Å²) in [5.41, 5.74) is 2.64. The molecule has 0 saturated carbocycles. The maximum absolute atomic E-state index is 13.1. The van der Waals surface area contributed by atoms with E-state index in [0.717, 1.165) is 11.1 Å². The molecule has 0 unspecified atom stereocenters. The summed E-state index contributed by atoms with van der Waals surface area (Å²) < 4.78 is 27.6. The molecule has 0 N–H and O–H groups in total. The lowest BCUT2D eigenvalue weighted by atomic mass is 10.2. The summed E-state index contributed by atoms with van der Waals surface area (Å²) in [6.07, 6.45) is 2.94. The van der Waals surface area contributed by atoms with E-state index in [4.69, 9.17) is 0 Å². The summed E-state index contributed by atoms with van der Waals surface area (Å²) in [5.74, 6) is 0. The molecular weight excluding hydrogens is 320 g/mol. The Morgan fingerprint density at radius 2 is 1.62 bits per heavy atom. The largest absolute Gasteiger partial charge is 0.266 e. The molecular formula is C19H18N2O2S. The van der Waals surface area contributed by atoms with Crippen LogP contribution in [0.5, 0.6) is 0 Å². The maximum atomic E-state index is 13.1. The van der Waals surface area contributed by atoms with Gasteiger partial charge in [-0.15, -0.1) is 0 Å². The van der Waals surface area contributed by atoms with Gasteiger partial charge in [0, 0.05) is 12.4 Å². The molecule has 0 aliphatic carbocycles. The molecule has 0 atom stereocenters. The monoisotopic (exact) mass is 338 g/mol. The fraction of sp³-hybridized carbons (Fsp3) is 0.105. The molecule has 0 radical (unpaired) electrons. The average molecular weight is 338 g/mol. The first-order valence-electron chi connectivity index (χ1n) is 7.61. The van der Waals surface area contributed by atoms with Crippen LogP contribution in [0.2, 0.25) is 0 Å². The molecule has 0 amide bonds. The van der Waals surface area contributed by atoms with E-state index >= 15 is 0 Å². The van der Waals surface area contributed by atoms with Crippen molar-refractivity contribution in [2.24, 2.45) is 0 Å². The molecule has 1 aromatic heterocycles. The molecule has 0 spiro atoms. The van der Waals surface area contributed by atoms with Crippen molar-refractivity contribution in [1.82, 2.24) is 4.98 Å². The van der Waals surface area contributed by atoms with Crippen molar-refractivity contribution >= 4 is 15.7 Å². The van der Waals surface area contributed by atoms with Gasteiger partial charge in [-0.1, -0.05) is 48.0 Å². The Hall–Kier alpha value is -2.66. The van der Waals surface area contributed by atoms with E-state index in [9.17, 15) is 8.42 Å². The quantitative estimate of drug-likeness (QED) is 0.711. The van der Waals surface area contributed by atoms with Gasteiger partial charge in [0.2, 0.25) is 0 Å². The summed E-state index contributed by atoms with van der Waals surface area (Å²) in [4.78, 5) is 4.12. The van der Waals surface area contributed by atoms with Crippen molar-refractivity contribution < 1.29 is 8.42 Å². The Labute approximate surface area is 142 Å². The molecule has 0 aliphatic heterocycles. The van der Waals surface area contributed by atoms with Crippen molar-refractivity contribution in [2.45, 2.75) is 18.4 Å². The van der Waals surface area contributed by atoms with E-state index < -0.39 is 10.0 Å². The highest BCUT2D eigenvalue weighted by atomic mass is 32.2. The first kappa shape index (κ1) is 16.2. The van der Waals surface area contributed by atoms with Gasteiger partial charge in [-0.25, -0.2) is 8.42 Å². The third kappa shape index (κ3) is 3.46. The van der Waals surface area contributed by atoms with Crippen LogP contribution in [-0.2, 0) is 16.6 Å². The highest BCUT2D eigenvalue weighted by Gasteiger charge is 2.25. The van der Waals surface area contributed by atoms with Crippen LogP contribution in [0.25, 0.3) is 0 Å². The number of aryl methyl sites for hydroxylation is 1. The van der Waals surface area contributed by atoms with Crippen LogP contribution in [0, 0.1) is 6.92 Å². The zero-order valence-corrected chi connectivity index (χ0v) is 14.1. The van der Waals surface area contributed by atoms with Crippen molar-refractivity contribution in [1.29, 1.82) is 0 Å². The van der Waals surface area contributed by atoms with Gasteiger partial charge >= 0.3 is 0 Å². The van der Waals surface area contributed by atoms with Gasteiger partial charge < -0.3 is 0 Å². The predicted octanol–water partition coefficient (Wildman–Crippen LogP) is 3.79. The summed E-state index contributed by atoms with van der Waals surface area (Å²) in [5, 5.41) is 0. The molecule has 0 saturated heterocycles. The van der Waals surface area contributed by atoms with Crippen LogP contribution in [0.1, 0.15) is 11.1 Å². The molecule has 0 fully saturated rings. The predicted molar refractivity (Wildman–Crippen MR) is 95.2 cm³/mol. The first-order valence-corrected chi connectivity index (χ1v) is 9.05. The lowest BCUT2D eigenvalue weighted by Gasteiger charge is -2.24. The molecule has 5 heteroatoms. The van der Waals surface area contributed by atoms with Crippen molar-refractivity contribution in [2.75, 3.05) is 4.31 Å². The number of nitrogens with zero attached hydrogens (tertiary/aromatic N) is 2. The molecule has 4 nitrogen and oxygen atoms in total. The van der Waals surface area contributed by atoms with Gasteiger partial charge in [-0.05, 0) is 36.8 Å². The van der Waals surface area contributed by atoms with Gasteiger partial charge in [0.15, 0.2) is 0 Å². The minimum absolute atomic E-state index is 0.182. The number of sulfonamides is 1. The second-order valence-electron chi connectivity index (χ2n) is 5.52. The van der Waals surface area contributed by atoms with E-state index in [1.165, 1.54) is 10.5 Å².